The van der Waals surface area contributed by atoms with Crippen LogP contribution in [-0.2, 0) is 0 Å². The second kappa shape index (κ2) is 19.0. The molecule has 0 amide bonds. The highest BCUT2D eigenvalue weighted by Gasteiger charge is 2.31. The summed E-state index contributed by atoms with van der Waals surface area (Å²) in [6, 6.07) is 95.3. The minimum atomic E-state index is 1.08. The van der Waals surface area contributed by atoms with Crippen LogP contribution in [-0.4, -0.2) is 19.9 Å². The van der Waals surface area contributed by atoms with Crippen molar-refractivity contribution in [3.8, 4) is 112 Å². The van der Waals surface area contributed by atoms with Crippen LogP contribution >= 0.6 is 0 Å². The van der Waals surface area contributed by atoms with Gasteiger partial charge in [-0.25, -0.2) is 0 Å². The number of aryl methyl sites for hydroxylation is 2. The summed E-state index contributed by atoms with van der Waals surface area (Å²) in [4.78, 5) is 19.5. The molecule has 16 aromatic carbocycles. The summed E-state index contributed by atoms with van der Waals surface area (Å²) >= 11 is 0. The third kappa shape index (κ3) is 6.78. The van der Waals surface area contributed by atoms with Gasteiger partial charge in [0.1, 0.15) is 0 Å². The molecule has 0 atom stereocenters. The SMILES string of the molecule is Cc1ccc2c(c1)c(-c1cc3c4cccc5c4c(cc3c3ccccc13)-c1ncccc1-5)cc1c3ccc(C)c4c3c(cc21)-c1ncccc1-4.c1cnc2c(c1)-c1cccc3c1c-2cc1c2ccccc2c(-c2cc4c5cccc6c5c(cc4c4ccccc24)-c2ncccc2-6)cc31. The Morgan fingerprint density at radius 1 is 0.173 bits per heavy atom. The molecule has 448 valence electrons. The van der Waals surface area contributed by atoms with E-state index >= 15 is 0 Å². The molecule has 98 heavy (non-hydrogen) atoms. The van der Waals surface area contributed by atoms with Gasteiger partial charge in [0.2, 0.25) is 0 Å². The van der Waals surface area contributed by atoms with Gasteiger partial charge in [0.05, 0.1) is 22.8 Å². The Morgan fingerprint density at radius 2 is 0.459 bits per heavy atom. The smallest absolute Gasteiger partial charge is 0.0787 e. The molecule has 0 fully saturated rings. The van der Waals surface area contributed by atoms with Crippen molar-refractivity contribution in [2.24, 2.45) is 0 Å². The van der Waals surface area contributed by atoms with E-state index in [2.05, 4.69) is 257 Å². The lowest BCUT2D eigenvalue weighted by Gasteiger charge is -2.18. The van der Waals surface area contributed by atoms with Gasteiger partial charge in [-0.15, -0.1) is 0 Å². The van der Waals surface area contributed by atoms with Crippen molar-refractivity contribution in [1.29, 1.82) is 0 Å². The maximum Gasteiger partial charge on any atom is 0.0787 e. The Kier molecular flexibility index (Phi) is 10.2. The van der Waals surface area contributed by atoms with Gasteiger partial charge in [-0.1, -0.05) is 188 Å². The van der Waals surface area contributed by atoms with Crippen molar-refractivity contribution in [2.75, 3.05) is 0 Å². The number of hydrogen-bond donors (Lipinski definition) is 0. The molecule has 0 aliphatic heterocycles. The topological polar surface area (TPSA) is 51.6 Å². The lowest BCUT2D eigenvalue weighted by atomic mass is 9.85. The first-order valence-electron chi connectivity index (χ1n) is 34.0. The molecule has 4 nitrogen and oxygen atoms in total. The first-order valence-corrected chi connectivity index (χ1v) is 34.0. The van der Waals surface area contributed by atoms with Crippen LogP contribution in [0.25, 0.3) is 241 Å². The summed E-state index contributed by atoms with van der Waals surface area (Å²) < 4.78 is 0. The molecule has 4 heterocycles. The number of nitrogens with zero attached hydrogens (tertiary/aromatic N) is 4. The van der Waals surface area contributed by atoms with E-state index in [4.69, 9.17) is 19.9 Å². The molecule has 24 rings (SSSR count). The Morgan fingerprint density at radius 3 is 0.867 bits per heavy atom. The minimum Gasteiger partial charge on any atom is -0.256 e. The average Bonchev–Trinajstić information content (AvgIpc) is 1.39. The molecule has 0 unspecified atom stereocenters. The highest BCUT2D eigenvalue weighted by molar-refractivity contribution is 6.35. The quantitative estimate of drug-likeness (QED) is 0.162. The number of aromatic nitrogens is 4. The van der Waals surface area contributed by atoms with Gasteiger partial charge in [0, 0.05) is 69.3 Å². The van der Waals surface area contributed by atoms with Crippen molar-refractivity contribution in [1.82, 2.24) is 19.9 Å². The van der Waals surface area contributed by atoms with E-state index in [0.717, 1.165) is 22.8 Å². The number of benzene rings is 16. The predicted molar refractivity (Wildman–Crippen MR) is 412 cm³/mol. The fraction of sp³-hybridized carbons (Fsp3) is 0.0213. The summed E-state index contributed by atoms with van der Waals surface area (Å²) in [5.74, 6) is 0. The minimum absolute atomic E-state index is 1.08. The summed E-state index contributed by atoms with van der Waals surface area (Å²) in [7, 11) is 0. The Bertz CT molecular complexity index is 6990. The van der Waals surface area contributed by atoms with Crippen LogP contribution in [0.2, 0.25) is 0 Å². The van der Waals surface area contributed by atoms with E-state index in [-0.39, 0.29) is 0 Å². The largest absolute Gasteiger partial charge is 0.256 e. The third-order valence-electron chi connectivity index (χ3n) is 22.6. The van der Waals surface area contributed by atoms with Gasteiger partial charge in [-0.3, -0.25) is 19.9 Å². The van der Waals surface area contributed by atoms with E-state index in [1.165, 1.54) is 229 Å². The normalized spacial score (nSPS) is 12.6. The number of fused-ring (bicyclic) bond motifs is 28. The van der Waals surface area contributed by atoms with E-state index in [1.807, 2.05) is 36.9 Å². The molecular formula is C94H52N4. The zero-order valence-electron chi connectivity index (χ0n) is 53.3. The number of hydrogen-bond acceptors (Lipinski definition) is 4. The highest BCUT2D eigenvalue weighted by atomic mass is 14.7. The summed E-state index contributed by atoms with van der Waals surface area (Å²) in [6.07, 6.45) is 7.68. The molecule has 4 aliphatic carbocycles. The predicted octanol–water partition coefficient (Wildman–Crippen LogP) is 25.3. The third-order valence-corrected chi connectivity index (χ3v) is 22.6. The van der Waals surface area contributed by atoms with Crippen LogP contribution in [0, 0.1) is 13.8 Å². The Balaban J connectivity index is 0.000000123. The second-order valence-electron chi connectivity index (χ2n) is 27.4. The van der Waals surface area contributed by atoms with E-state index < -0.39 is 0 Å². The maximum atomic E-state index is 4.92. The first-order chi connectivity index (χ1) is 48.5. The molecular weight excluding hydrogens is 1190 g/mol. The van der Waals surface area contributed by atoms with Crippen molar-refractivity contribution in [3.63, 3.8) is 0 Å². The van der Waals surface area contributed by atoms with Crippen molar-refractivity contribution in [2.45, 2.75) is 13.8 Å². The van der Waals surface area contributed by atoms with Crippen LogP contribution in [0.5, 0.6) is 0 Å². The van der Waals surface area contributed by atoms with Gasteiger partial charge in [0.25, 0.3) is 0 Å². The van der Waals surface area contributed by atoms with Gasteiger partial charge in [-0.2, -0.15) is 0 Å². The molecule has 0 saturated heterocycles. The van der Waals surface area contributed by atoms with E-state index in [0.29, 0.717) is 0 Å². The van der Waals surface area contributed by atoms with Crippen molar-refractivity contribution >= 4 is 129 Å². The zero-order valence-corrected chi connectivity index (χ0v) is 53.3. The van der Waals surface area contributed by atoms with Gasteiger partial charge in [0.15, 0.2) is 0 Å². The highest BCUT2D eigenvalue weighted by Crippen LogP contribution is 2.57. The van der Waals surface area contributed by atoms with Crippen molar-refractivity contribution < 1.29 is 0 Å². The van der Waals surface area contributed by atoms with Crippen LogP contribution < -0.4 is 0 Å². The number of pyridine rings is 4. The van der Waals surface area contributed by atoms with E-state index in [1.54, 1.807) is 0 Å². The van der Waals surface area contributed by atoms with Crippen LogP contribution in [0.3, 0.4) is 0 Å². The van der Waals surface area contributed by atoms with Gasteiger partial charge < -0.3 is 0 Å². The average molecular weight is 1240 g/mol. The van der Waals surface area contributed by atoms with Crippen LogP contribution in [0.15, 0.2) is 280 Å². The fourth-order valence-corrected chi connectivity index (χ4v) is 18.5. The molecule has 0 bridgehead atoms. The van der Waals surface area contributed by atoms with Crippen LogP contribution in [0.4, 0.5) is 0 Å². The molecule has 4 heteroatoms. The fourth-order valence-electron chi connectivity index (χ4n) is 18.5. The summed E-state index contributed by atoms with van der Waals surface area (Å²) in [6.45, 7) is 4.44. The Labute approximate surface area is 562 Å². The van der Waals surface area contributed by atoms with Gasteiger partial charge in [-0.05, 0) is 266 Å². The molecule has 0 spiro atoms. The maximum absolute atomic E-state index is 4.92. The standard InChI is InChI=1S/C48H28N2.C46H24N2/c1-25-14-16-29-35(20-25)41(22-40-32-17-15-26(2)44-34-13-7-19-50-48(34)43(46(32)44)24-38(29)40)36-21-39-31-11-5-10-30-33-12-6-18-49-47(33)42(45(30)31)23-37(39)28-9-4-3-8-27(28)36;1-3-11-27-25(9-1)35(21-39-31-15-5-13-29-33-17-7-19-47-45(33)41(43(29)31)23-37(27)39)36-22-40-32-16-6-14-30-34-18-8-20-48-46(34)42(44(30)32)24-38(40)28-12-4-2-10-26(28)36/h3-24H,1-2H3;1-24H. The lowest BCUT2D eigenvalue weighted by Crippen LogP contribution is -1.91. The molecule has 4 aliphatic rings. The zero-order chi connectivity index (χ0) is 63.9. The van der Waals surface area contributed by atoms with E-state index in [9.17, 15) is 0 Å². The second-order valence-corrected chi connectivity index (χ2v) is 27.4. The molecule has 0 saturated carbocycles. The molecule has 0 radical (unpaired) electrons. The molecule has 0 N–H and O–H groups in total. The monoisotopic (exact) mass is 1240 g/mol. The lowest BCUT2D eigenvalue weighted by molar-refractivity contribution is 1.34. The van der Waals surface area contributed by atoms with Gasteiger partial charge >= 0.3 is 0 Å². The Hall–Kier alpha value is -12.8. The van der Waals surface area contributed by atoms with Crippen LogP contribution in [0.1, 0.15) is 11.1 Å². The first kappa shape index (κ1) is 52.6. The molecule has 20 aromatic rings. The number of rotatable bonds is 2. The van der Waals surface area contributed by atoms with Crippen molar-refractivity contribution in [3.05, 3.63) is 291 Å². The molecule has 4 aromatic heterocycles. The summed E-state index contributed by atoms with van der Waals surface area (Å²) in [5.41, 5.74) is 27.0. The summed E-state index contributed by atoms with van der Waals surface area (Å²) in [5, 5.41) is 30.8.